The number of sulfonamides is 2. The summed E-state index contributed by atoms with van der Waals surface area (Å²) in [5.74, 6) is 0.323. The summed E-state index contributed by atoms with van der Waals surface area (Å²) in [6.07, 6.45) is 2.54. The van der Waals surface area contributed by atoms with E-state index in [1.54, 1.807) is 0 Å². The zero-order chi connectivity index (χ0) is 23.5. The van der Waals surface area contributed by atoms with Crippen molar-refractivity contribution in [2.45, 2.75) is 69.3 Å². The van der Waals surface area contributed by atoms with E-state index in [2.05, 4.69) is 6.92 Å². The smallest absolute Gasteiger partial charge is 0.207 e. The van der Waals surface area contributed by atoms with E-state index in [-0.39, 0.29) is 22.4 Å². The van der Waals surface area contributed by atoms with Gasteiger partial charge in [0.15, 0.2) is 0 Å². The highest BCUT2D eigenvalue weighted by Gasteiger charge is 2.31. The van der Waals surface area contributed by atoms with Crippen LogP contribution in [0.2, 0.25) is 0 Å². The molecule has 3 rings (SSSR count). The van der Waals surface area contributed by atoms with Crippen LogP contribution < -0.4 is 0 Å². The van der Waals surface area contributed by atoms with Gasteiger partial charge in [-0.2, -0.15) is 8.61 Å². The summed E-state index contributed by atoms with van der Waals surface area (Å²) in [4.78, 5) is 0.245. The van der Waals surface area contributed by atoms with E-state index >= 15 is 0 Å². The molecule has 2 aromatic carbocycles. The fourth-order valence-corrected chi connectivity index (χ4v) is 7.28. The molecule has 1 heterocycles. The highest BCUT2D eigenvalue weighted by molar-refractivity contribution is 7.89. The van der Waals surface area contributed by atoms with Crippen molar-refractivity contribution in [1.29, 1.82) is 0 Å². The first-order chi connectivity index (χ1) is 15.1. The third-order valence-corrected chi connectivity index (χ3v) is 10.1. The summed E-state index contributed by atoms with van der Waals surface area (Å²) >= 11 is 0. The van der Waals surface area contributed by atoms with Crippen LogP contribution in [0.3, 0.4) is 0 Å². The quantitative estimate of drug-likeness (QED) is 0.563. The van der Waals surface area contributed by atoms with Crippen LogP contribution in [0.5, 0.6) is 0 Å². The summed E-state index contributed by atoms with van der Waals surface area (Å²) in [6.45, 7) is 9.16. The molecule has 2 unspecified atom stereocenters. The molecule has 32 heavy (non-hydrogen) atoms. The van der Waals surface area contributed by atoms with Gasteiger partial charge >= 0.3 is 0 Å². The van der Waals surface area contributed by atoms with Gasteiger partial charge in [-0.1, -0.05) is 43.7 Å². The number of rotatable bonds is 8. The first-order valence-corrected chi connectivity index (χ1v) is 14.1. The Morgan fingerprint density at radius 1 is 1.00 bits per heavy atom. The van der Waals surface area contributed by atoms with Crippen LogP contribution in [0.4, 0.5) is 0 Å². The van der Waals surface area contributed by atoms with Crippen LogP contribution in [-0.2, 0) is 26.6 Å². The Balaban J connectivity index is 1.88. The molecular weight excluding hydrogens is 444 g/mol. The molecule has 1 fully saturated rings. The van der Waals surface area contributed by atoms with E-state index in [0.717, 1.165) is 24.0 Å². The van der Waals surface area contributed by atoms with Crippen molar-refractivity contribution in [3.05, 3.63) is 59.7 Å². The summed E-state index contributed by atoms with van der Waals surface area (Å²) in [5, 5.41) is 0. The number of benzene rings is 2. The summed E-state index contributed by atoms with van der Waals surface area (Å²) in [7, 11) is -7.42. The van der Waals surface area contributed by atoms with E-state index in [9.17, 15) is 16.8 Å². The van der Waals surface area contributed by atoms with Gasteiger partial charge in [-0.25, -0.2) is 16.8 Å². The van der Waals surface area contributed by atoms with Gasteiger partial charge in [0, 0.05) is 25.7 Å². The third kappa shape index (κ3) is 5.42. The van der Waals surface area contributed by atoms with Crippen LogP contribution in [0.15, 0.2) is 58.3 Å². The number of aryl methyl sites for hydroxylation is 1. The number of hydrogen-bond acceptors (Lipinski definition) is 4. The molecule has 1 aliphatic heterocycles. The monoisotopic (exact) mass is 478 g/mol. The molecule has 8 heteroatoms. The Labute approximate surface area is 193 Å². The topological polar surface area (TPSA) is 74.8 Å². The molecular formula is C24H34N2O4S2. The maximum atomic E-state index is 13.5. The van der Waals surface area contributed by atoms with Crippen molar-refractivity contribution in [1.82, 2.24) is 8.61 Å². The normalized spacial score (nSPS) is 19.2. The predicted molar refractivity (Wildman–Crippen MR) is 127 cm³/mol. The van der Waals surface area contributed by atoms with Crippen LogP contribution in [-0.4, -0.2) is 44.6 Å². The first kappa shape index (κ1) is 24.9. The first-order valence-electron chi connectivity index (χ1n) is 11.2. The van der Waals surface area contributed by atoms with Crippen molar-refractivity contribution >= 4 is 20.0 Å². The molecule has 0 saturated carbocycles. The van der Waals surface area contributed by atoms with Crippen LogP contribution >= 0.6 is 0 Å². The third-order valence-electron chi connectivity index (χ3n) is 6.23. The zero-order valence-electron chi connectivity index (χ0n) is 19.4. The molecule has 0 aromatic heterocycles. The van der Waals surface area contributed by atoms with E-state index in [0.29, 0.717) is 25.4 Å². The molecule has 6 nitrogen and oxygen atoms in total. The summed E-state index contributed by atoms with van der Waals surface area (Å²) in [6, 6.07) is 13.3. The van der Waals surface area contributed by atoms with Gasteiger partial charge in [0.25, 0.3) is 0 Å². The van der Waals surface area contributed by atoms with Crippen molar-refractivity contribution < 1.29 is 16.8 Å². The molecule has 1 aliphatic rings. The second-order valence-electron chi connectivity index (χ2n) is 8.87. The fourth-order valence-electron chi connectivity index (χ4n) is 3.99. The standard InChI is InChI=1S/C24H34N2O4S2/c1-5-21(4)26(18-22-10-8-19(2)9-11-22)32(29,30)24-14-12-23(13-15-24)31(27,28)25-16-6-7-20(3)17-25/h8-15,20-21H,5-7,16-18H2,1-4H3. The molecule has 2 atom stereocenters. The summed E-state index contributed by atoms with van der Waals surface area (Å²) in [5.41, 5.74) is 2.03. The van der Waals surface area contributed by atoms with E-state index in [1.165, 1.54) is 32.9 Å². The summed E-state index contributed by atoms with van der Waals surface area (Å²) < 4.78 is 56.0. The van der Waals surface area contributed by atoms with Crippen molar-refractivity contribution in [3.8, 4) is 0 Å². The van der Waals surface area contributed by atoms with Crippen LogP contribution in [0, 0.1) is 12.8 Å². The van der Waals surface area contributed by atoms with Crippen molar-refractivity contribution in [2.75, 3.05) is 13.1 Å². The van der Waals surface area contributed by atoms with Gasteiger partial charge in [0.1, 0.15) is 0 Å². The molecule has 0 bridgehead atoms. The Bertz CT molecular complexity index is 1110. The highest BCUT2D eigenvalue weighted by atomic mass is 32.2. The van der Waals surface area contributed by atoms with E-state index < -0.39 is 20.0 Å². The molecule has 1 saturated heterocycles. The van der Waals surface area contributed by atoms with Gasteiger partial charge in [-0.3, -0.25) is 0 Å². The van der Waals surface area contributed by atoms with Gasteiger partial charge in [-0.05, 0) is 68.9 Å². The molecule has 176 valence electrons. The Morgan fingerprint density at radius 2 is 1.59 bits per heavy atom. The van der Waals surface area contributed by atoms with Crippen molar-refractivity contribution in [2.24, 2.45) is 5.92 Å². The Hall–Kier alpha value is -1.74. The minimum atomic E-state index is -3.79. The zero-order valence-corrected chi connectivity index (χ0v) is 21.0. The molecule has 0 aliphatic carbocycles. The maximum Gasteiger partial charge on any atom is 0.243 e. The molecule has 2 aromatic rings. The van der Waals surface area contributed by atoms with Crippen molar-refractivity contribution in [3.63, 3.8) is 0 Å². The molecule has 0 spiro atoms. The van der Waals surface area contributed by atoms with E-state index in [1.807, 2.05) is 45.0 Å². The predicted octanol–water partition coefficient (Wildman–Crippen LogP) is 4.41. The minimum absolute atomic E-state index is 0.107. The van der Waals surface area contributed by atoms with Gasteiger partial charge < -0.3 is 0 Å². The molecule has 0 amide bonds. The highest BCUT2D eigenvalue weighted by Crippen LogP contribution is 2.27. The second kappa shape index (κ2) is 10.0. The van der Waals surface area contributed by atoms with Gasteiger partial charge in [0.05, 0.1) is 9.79 Å². The average molecular weight is 479 g/mol. The average Bonchev–Trinajstić information content (AvgIpc) is 2.78. The van der Waals surface area contributed by atoms with Gasteiger partial charge in [-0.15, -0.1) is 0 Å². The Kier molecular flexibility index (Phi) is 7.81. The molecule has 0 radical (unpaired) electrons. The van der Waals surface area contributed by atoms with Crippen LogP contribution in [0.1, 0.15) is 51.2 Å². The SMILES string of the molecule is CCC(C)N(Cc1ccc(C)cc1)S(=O)(=O)c1ccc(S(=O)(=O)N2CCCC(C)C2)cc1. The number of hydrogen-bond donors (Lipinski definition) is 0. The van der Waals surface area contributed by atoms with Crippen LogP contribution in [0.25, 0.3) is 0 Å². The lowest BCUT2D eigenvalue weighted by molar-refractivity contribution is 0.281. The fraction of sp³-hybridized carbons (Fsp3) is 0.500. The Morgan fingerprint density at radius 3 is 2.16 bits per heavy atom. The molecule has 0 N–H and O–H groups in total. The van der Waals surface area contributed by atoms with Gasteiger partial charge in [0.2, 0.25) is 20.0 Å². The van der Waals surface area contributed by atoms with E-state index in [4.69, 9.17) is 0 Å². The lowest BCUT2D eigenvalue weighted by Gasteiger charge is -2.30. The lowest BCUT2D eigenvalue weighted by Crippen LogP contribution is -2.39. The number of piperidine rings is 1. The lowest BCUT2D eigenvalue weighted by atomic mass is 10.0. The second-order valence-corrected chi connectivity index (χ2v) is 12.7. The number of nitrogens with zero attached hydrogens (tertiary/aromatic N) is 2. The largest absolute Gasteiger partial charge is 0.243 e. The maximum absolute atomic E-state index is 13.5. The minimum Gasteiger partial charge on any atom is -0.207 e.